The number of aromatic nitrogens is 4. The molecular formula is C11H10N6O4. The molecule has 3 heterocycles. The molecule has 10 nitrogen and oxygen atoms in total. The van der Waals surface area contributed by atoms with Crippen molar-refractivity contribution in [3.05, 3.63) is 40.1 Å². The third-order valence-electron chi connectivity index (χ3n) is 3.23. The lowest BCUT2D eigenvalue weighted by Gasteiger charge is -2.27. The average Bonchev–Trinajstić information content (AvgIpc) is 2.93. The zero-order valence-electron chi connectivity index (χ0n) is 10.7. The van der Waals surface area contributed by atoms with Crippen molar-refractivity contribution in [2.24, 2.45) is 0 Å². The number of carboxylic acid groups (broad SMARTS) is 1. The lowest BCUT2D eigenvalue weighted by molar-refractivity contribution is -0.384. The lowest BCUT2D eigenvalue weighted by atomic mass is 10.2. The monoisotopic (exact) mass is 290 g/mol. The average molecular weight is 290 g/mol. The van der Waals surface area contributed by atoms with Gasteiger partial charge in [-0.3, -0.25) is 10.1 Å². The summed E-state index contributed by atoms with van der Waals surface area (Å²) in [6, 6.07) is 1.02. The van der Waals surface area contributed by atoms with Gasteiger partial charge in [-0.15, -0.1) is 10.2 Å². The Labute approximate surface area is 117 Å². The van der Waals surface area contributed by atoms with Crippen molar-refractivity contribution in [3.8, 4) is 0 Å². The minimum absolute atomic E-state index is 0.138. The highest BCUT2D eigenvalue weighted by molar-refractivity contribution is 5.88. The molecule has 1 aliphatic heterocycles. The first-order chi connectivity index (χ1) is 10.1. The molecule has 0 saturated heterocycles. The first kappa shape index (κ1) is 13.0. The van der Waals surface area contributed by atoms with E-state index in [-0.39, 0.29) is 17.1 Å². The predicted octanol–water partition coefficient (Wildman–Crippen LogP) is 0.300. The van der Waals surface area contributed by atoms with E-state index in [2.05, 4.69) is 15.2 Å². The highest BCUT2D eigenvalue weighted by Crippen LogP contribution is 2.28. The van der Waals surface area contributed by atoms with Crippen LogP contribution in [0.25, 0.3) is 0 Å². The maximum absolute atomic E-state index is 11.1. The highest BCUT2D eigenvalue weighted by atomic mass is 16.6. The van der Waals surface area contributed by atoms with Crippen molar-refractivity contribution in [3.63, 3.8) is 0 Å². The van der Waals surface area contributed by atoms with E-state index in [4.69, 9.17) is 5.11 Å². The van der Waals surface area contributed by atoms with Crippen LogP contribution in [0.3, 0.4) is 0 Å². The minimum atomic E-state index is -1.25. The largest absolute Gasteiger partial charge is 0.478 e. The second-order valence-electron chi connectivity index (χ2n) is 4.49. The van der Waals surface area contributed by atoms with Gasteiger partial charge >= 0.3 is 11.7 Å². The van der Waals surface area contributed by atoms with Crippen LogP contribution in [-0.4, -0.2) is 42.3 Å². The summed E-state index contributed by atoms with van der Waals surface area (Å²) in [5.74, 6) is -0.436. The van der Waals surface area contributed by atoms with Crippen molar-refractivity contribution in [1.82, 2.24) is 19.7 Å². The Morgan fingerprint density at radius 3 is 2.95 bits per heavy atom. The molecule has 2 aromatic heterocycles. The van der Waals surface area contributed by atoms with Gasteiger partial charge in [-0.05, 0) is 0 Å². The lowest BCUT2D eigenvalue weighted by Crippen LogP contribution is -2.34. The normalized spacial score (nSPS) is 13.8. The molecule has 0 aromatic carbocycles. The minimum Gasteiger partial charge on any atom is -0.478 e. The number of nitro groups is 1. The first-order valence-electron chi connectivity index (χ1n) is 6.05. The summed E-state index contributed by atoms with van der Waals surface area (Å²) in [6.45, 7) is 1.42. The van der Waals surface area contributed by atoms with E-state index in [0.29, 0.717) is 25.5 Å². The van der Waals surface area contributed by atoms with Crippen LogP contribution in [0.5, 0.6) is 0 Å². The third kappa shape index (κ3) is 2.26. The molecule has 0 aliphatic carbocycles. The molecule has 0 radical (unpaired) electrons. The number of pyridine rings is 1. The van der Waals surface area contributed by atoms with Crippen molar-refractivity contribution < 1.29 is 14.8 Å². The summed E-state index contributed by atoms with van der Waals surface area (Å²) >= 11 is 0. The van der Waals surface area contributed by atoms with Gasteiger partial charge in [-0.2, -0.15) is 0 Å². The van der Waals surface area contributed by atoms with Gasteiger partial charge in [0.2, 0.25) is 5.82 Å². The van der Waals surface area contributed by atoms with E-state index >= 15 is 0 Å². The molecule has 0 bridgehead atoms. The topological polar surface area (TPSA) is 127 Å². The van der Waals surface area contributed by atoms with E-state index < -0.39 is 10.9 Å². The molecule has 2 aromatic rings. The van der Waals surface area contributed by atoms with Gasteiger partial charge in [0.15, 0.2) is 5.82 Å². The number of hydrogen-bond acceptors (Lipinski definition) is 7. The van der Waals surface area contributed by atoms with Crippen molar-refractivity contribution in [1.29, 1.82) is 0 Å². The van der Waals surface area contributed by atoms with Crippen LogP contribution in [-0.2, 0) is 13.1 Å². The summed E-state index contributed by atoms with van der Waals surface area (Å²) in [5.41, 5.74) is -0.548. The number of rotatable bonds is 3. The predicted molar refractivity (Wildman–Crippen MR) is 68.9 cm³/mol. The number of nitrogens with zero attached hydrogens (tertiary/aromatic N) is 6. The maximum Gasteiger partial charge on any atom is 0.337 e. The zero-order valence-corrected chi connectivity index (χ0v) is 10.7. The Bertz CT molecular complexity index is 727. The molecule has 10 heteroatoms. The van der Waals surface area contributed by atoms with Crippen LogP contribution in [0.15, 0.2) is 18.6 Å². The van der Waals surface area contributed by atoms with E-state index in [9.17, 15) is 14.9 Å². The molecule has 0 atom stereocenters. The number of anilines is 1. The second kappa shape index (κ2) is 4.81. The maximum atomic E-state index is 11.1. The van der Waals surface area contributed by atoms with E-state index in [1.807, 2.05) is 4.57 Å². The van der Waals surface area contributed by atoms with Gasteiger partial charge in [0.25, 0.3) is 0 Å². The van der Waals surface area contributed by atoms with Gasteiger partial charge in [0.1, 0.15) is 6.33 Å². The van der Waals surface area contributed by atoms with Gasteiger partial charge in [0, 0.05) is 25.4 Å². The van der Waals surface area contributed by atoms with Crippen molar-refractivity contribution in [2.45, 2.75) is 13.1 Å². The number of carbonyl (C=O) groups is 1. The molecule has 0 spiro atoms. The quantitative estimate of drug-likeness (QED) is 0.631. The number of aromatic carboxylic acids is 1. The summed E-state index contributed by atoms with van der Waals surface area (Å²) in [4.78, 5) is 27.0. The molecule has 3 rings (SSSR count). The summed E-state index contributed by atoms with van der Waals surface area (Å²) in [7, 11) is 0. The standard InChI is InChI=1S/C11H10N6O4/c18-11(19)7-3-8(17(20)21)10(12-4-7)15-1-2-16-6-13-14-9(16)5-15/h3-4,6H,1-2,5H2,(H,18,19). The third-order valence-corrected chi connectivity index (χ3v) is 3.23. The Morgan fingerprint density at radius 2 is 2.24 bits per heavy atom. The first-order valence-corrected chi connectivity index (χ1v) is 6.05. The van der Waals surface area contributed by atoms with Crippen LogP contribution >= 0.6 is 0 Å². The Balaban J connectivity index is 1.99. The zero-order chi connectivity index (χ0) is 15.0. The molecule has 0 amide bonds. The van der Waals surface area contributed by atoms with Crippen molar-refractivity contribution in [2.75, 3.05) is 11.4 Å². The number of hydrogen-bond donors (Lipinski definition) is 1. The molecule has 0 fully saturated rings. The second-order valence-corrected chi connectivity index (χ2v) is 4.49. The van der Waals surface area contributed by atoms with Crippen LogP contribution < -0.4 is 4.90 Å². The van der Waals surface area contributed by atoms with Crippen molar-refractivity contribution >= 4 is 17.5 Å². The van der Waals surface area contributed by atoms with E-state index in [0.717, 1.165) is 12.3 Å². The van der Waals surface area contributed by atoms with Crippen LogP contribution in [0, 0.1) is 10.1 Å². The highest BCUT2D eigenvalue weighted by Gasteiger charge is 2.27. The fourth-order valence-electron chi connectivity index (χ4n) is 2.19. The van der Waals surface area contributed by atoms with E-state index in [1.165, 1.54) is 0 Å². The fraction of sp³-hybridized carbons (Fsp3) is 0.273. The number of carboxylic acids is 1. The van der Waals surface area contributed by atoms with Crippen LogP contribution in [0.4, 0.5) is 11.5 Å². The molecule has 0 unspecified atom stereocenters. The summed E-state index contributed by atoms with van der Waals surface area (Å²) < 4.78 is 1.86. The number of fused-ring (bicyclic) bond motifs is 1. The Morgan fingerprint density at radius 1 is 1.43 bits per heavy atom. The van der Waals surface area contributed by atoms with Gasteiger partial charge in [-0.25, -0.2) is 9.78 Å². The molecule has 1 N–H and O–H groups in total. The fourth-order valence-corrected chi connectivity index (χ4v) is 2.19. The Hall–Kier alpha value is -3.04. The molecule has 108 valence electrons. The van der Waals surface area contributed by atoms with Gasteiger partial charge < -0.3 is 14.6 Å². The van der Waals surface area contributed by atoms with Gasteiger partial charge in [0.05, 0.1) is 17.0 Å². The van der Waals surface area contributed by atoms with Crippen LogP contribution in [0.1, 0.15) is 16.2 Å². The SMILES string of the molecule is O=C(O)c1cnc(N2CCn3cnnc3C2)c([N+](=O)[O-])c1. The molecular weight excluding hydrogens is 280 g/mol. The van der Waals surface area contributed by atoms with Gasteiger partial charge in [-0.1, -0.05) is 0 Å². The van der Waals surface area contributed by atoms with E-state index in [1.54, 1.807) is 11.2 Å². The molecule has 21 heavy (non-hydrogen) atoms. The summed E-state index contributed by atoms with van der Waals surface area (Å²) in [6.07, 6.45) is 2.71. The molecule has 0 saturated carbocycles. The van der Waals surface area contributed by atoms with Crippen LogP contribution in [0.2, 0.25) is 0 Å². The molecule has 1 aliphatic rings. The smallest absolute Gasteiger partial charge is 0.337 e. The Kier molecular flexibility index (Phi) is 2.97. The summed E-state index contributed by atoms with van der Waals surface area (Å²) in [5, 5.41) is 27.8.